The Bertz CT molecular complexity index is 1390. The number of aliphatic hydroxyl groups is 1. The van der Waals surface area contributed by atoms with Crippen LogP contribution in [0, 0.1) is 13.8 Å². The van der Waals surface area contributed by atoms with E-state index in [0.717, 1.165) is 68.0 Å². The molecule has 1 aliphatic heterocycles. The summed E-state index contributed by atoms with van der Waals surface area (Å²) in [5.74, 6) is 0.742. The van der Waals surface area contributed by atoms with Crippen molar-refractivity contribution in [3.63, 3.8) is 0 Å². The van der Waals surface area contributed by atoms with Gasteiger partial charge in [-0.15, -0.1) is 24.8 Å². The molecule has 4 aromatic rings. The summed E-state index contributed by atoms with van der Waals surface area (Å²) < 4.78 is 5.97. The summed E-state index contributed by atoms with van der Waals surface area (Å²) in [4.78, 5) is 5.06. The van der Waals surface area contributed by atoms with Crippen molar-refractivity contribution < 1.29 is 9.84 Å². The fraction of sp³-hybridized carbons (Fsp3) is 0.368. The van der Waals surface area contributed by atoms with Gasteiger partial charge in [0.2, 0.25) is 0 Å². The van der Waals surface area contributed by atoms with Crippen molar-refractivity contribution in [1.29, 1.82) is 0 Å². The van der Waals surface area contributed by atoms with E-state index in [1.165, 1.54) is 16.8 Å². The molecule has 1 fully saturated rings. The van der Waals surface area contributed by atoms with Crippen LogP contribution in [0.5, 0.6) is 5.75 Å². The Labute approximate surface area is 276 Å². The zero-order valence-corrected chi connectivity index (χ0v) is 28.0. The number of ether oxygens (including phenoxy) is 1. The molecule has 4 nitrogen and oxygen atoms in total. The Morgan fingerprint density at radius 1 is 0.795 bits per heavy atom. The second kappa shape index (κ2) is 16.9. The first-order chi connectivity index (χ1) is 20.5. The standard InChI is InChI=1S/C38H46N2O2.2ClH/c1-4-5-26-42-35-20-18-34(19-21-35)38(41,28-32-12-8-6-9-13-32)36(33-14-10-7-11-15-33)29-39-22-24-40(25-23-39)37-27-30(2)16-17-31(37)3;;/h6-21,27,36,41H,4-5,22-26,28-29H2,1-3H3;2*1H. The van der Waals surface area contributed by atoms with Gasteiger partial charge in [-0.1, -0.05) is 98.3 Å². The van der Waals surface area contributed by atoms with Gasteiger partial charge < -0.3 is 14.7 Å². The molecular weight excluding hydrogens is 587 g/mol. The monoisotopic (exact) mass is 634 g/mol. The van der Waals surface area contributed by atoms with Crippen molar-refractivity contribution in [3.05, 3.63) is 131 Å². The lowest BCUT2D eigenvalue weighted by atomic mass is 9.73. The number of aryl methyl sites for hydroxylation is 2. The molecule has 0 aliphatic carbocycles. The minimum Gasteiger partial charge on any atom is -0.494 e. The Kier molecular flexibility index (Phi) is 13.6. The van der Waals surface area contributed by atoms with Crippen molar-refractivity contribution in [1.82, 2.24) is 4.90 Å². The quantitative estimate of drug-likeness (QED) is 0.159. The molecule has 0 amide bonds. The molecule has 5 rings (SSSR count). The van der Waals surface area contributed by atoms with Gasteiger partial charge >= 0.3 is 0 Å². The van der Waals surface area contributed by atoms with E-state index in [4.69, 9.17) is 4.74 Å². The smallest absolute Gasteiger partial charge is 0.119 e. The van der Waals surface area contributed by atoms with E-state index in [1.807, 2.05) is 18.2 Å². The maximum absolute atomic E-state index is 12.9. The lowest BCUT2D eigenvalue weighted by Crippen LogP contribution is -2.50. The van der Waals surface area contributed by atoms with Crippen molar-refractivity contribution in [2.75, 3.05) is 44.2 Å². The molecule has 1 saturated heterocycles. The highest BCUT2D eigenvalue weighted by molar-refractivity contribution is 5.85. The van der Waals surface area contributed by atoms with E-state index < -0.39 is 5.60 Å². The van der Waals surface area contributed by atoms with Crippen LogP contribution in [0.25, 0.3) is 0 Å². The predicted octanol–water partition coefficient (Wildman–Crippen LogP) is 8.36. The third kappa shape index (κ3) is 8.79. The Balaban J connectivity index is 0.00000264. The van der Waals surface area contributed by atoms with Crippen LogP contribution >= 0.6 is 24.8 Å². The van der Waals surface area contributed by atoms with Gasteiger partial charge in [-0.05, 0) is 66.3 Å². The summed E-state index contributed by atoms with van der Waals surface area (Å²) in [7, 11) is 0. The Morgan fingerprint density at radius 3 is 2.07 bits per heavy atom. The molecule has 0 spiro atoms. The largest absolute Gasteiger partial charge is 0.494 e. The molecule has 2 atom stereocenters. The van der Waals surface area contributed by atoms with Crippen LogP contribution in [0.15, 0.2) is 103 Å². The van der Waals surface area contributed by atoms with Gasteiger partial charge in [-0.25, -0.2) is 0 Å². The van der Waals surface area contributed by atoms with Crippen LogP contribution in [0.4, 0.5) is 5.69 Å². The summed E-state index contributed by atoms with van der Waals surface area (Å²) in [5.41, 5.74) is 6.09. The van der Waals surface area contributed by atoms with Gasteiger partial charge in [0, 0.05) is 50.7 Å². The first-order valence-electron chi connectivity index (χ1n) is 15.6. The summed E-state index contributed by atoms with van der Waals surface area (Å²) >= 11 is 0. The highest BCUT2D eigenvalue weighted by atomic mass is 35.5. The zero-order chi connectivity index (χ0) is 29.4. The van der Waals surface area contributed by atoms with Crippen LogP contribution in [-0.2, 0) is 12.0 Å². The number of benzene rings is 4. The molecule has 1 aliphatic rings. The van der Waals surface area contributed by atoms with Gasteiger partial charge in [-0.2, -0.15) is 0 Å². The number of nitrogens with zero attached hydrogens (tertiary/aromatic N) is 2. The average Bonchev–Trinajstić information content (AvgIpc) is 3.02. The molecule has 1 heterocycles. The average molecular weight is 636 g/mol. The molecule has 0 bridgehead atoms. The second-order valence-corrected chi connectivity index (χ2v) is 11.9. The maximum atomic E-state index is 12.9. The molecule has 2 unspecified atom stereocenters. The molecule has 0 aromatic heterocycles. The van der Waals surface area contributed by atoms with E-state index in [9.17, 15) is 5.11 Å². The second-order valence-electron chi connectivity index (χ2n) is 11.9. The molecule has 0 radical (unpaired) electrons. The minimum atomic E-state index is -1.10. The SMILES string of the molecule is CCCCOc1ccc(C(O)(Cc2ccccc2)C(CN2CCN(c3cc(C)ccc3C)CC2)c2ccccc2)cc1.Cl.Cl. The lowest BCUT2D eigenvalue weighted by Gasteiger charge is -2.43. The van der Waals surface area contributed by atoms with Gasteiger partial charge in [0.25, 0.3) is 0 Å². The summed E-state index contributed by atoms with van der Waals surface area (Å²) in [6, 6.07) is 35.9. The first-order valence-corrected chi connectivity index (χ1v) is 15.6. The molecular formula is C38H48Cl2N2O2. The highest BCUT2D eigenvalue weighted by Gasteiger charge is 2.41. The number of rotatable bonds is 12. The summed E-state index contributed by atoms with van der Waals surface area (Å²) in [6.07, 6.45) is 2.67. The number of anilines is 1. The van der Waals surface area contributed by atoms with Crippen LogP contribution in [0.3, 0.4) is 0 Å². The molecule has 236 valence electrons. The van der Waals surface area contributed by atoms with E-state index in [1.54, 1.807) is 0 Å². The van der Waals surface area contributed by atoms with Gasteiger partial charge in [0.1, 0.15) is 11.4 Å². The molecule has 44 heavy (non-hydrogen) atoms. The fourth-order valence-corrected chi connectivity index (χ4v) is 6.21. The van der Waals surface area contributed by atoms with Crippen molar-refractivity contribution >= 4 is 30.5 Å². The summed E-state index contributed by atoms with van der Waals surface area (Å²) in [6.45, 7) is 11.9. The molecule has 1 N–H and O–H groups in total. The normalized spacial score (nSPS) is 15.4. The number of unbranched alkanes of at least 4 members (excludes halogenated alkanes) is 1. The zero-order valence-electron chi connectivity index (χ0n) is 26.3. The third-order valence-electron chi connectivity index (χ3n) is 8.73. The number of hydrogen-bond acceptors (Lipinski definition) is 4. The van der Waals surface area contributed by atoms with E-state index in [2.05, 4.69) is 116 Å². The van der Waals surface area contributed by atoms with E-state index in [-0.39, 0.29) is 30.7 Å². The van der Waals surface area contributed by atoms with Crippen molar-refractivity contribution in [2.24, 2.45) is 0 Å². The van der Waals surface area contributed by atoms with Gasteiger partial charge in [0.15, 0.2) is 0 Å². The number of piperazine rings is 1. The first kappa shape index (κ1) is 35.5. The van der Waals surface area contributed by atoms with Crippen molar-refractivity contribution in [2.45, 2.75) is 51.6 Å². The van der Waals surface area contributed by atoms with E-state index >= 15 is 0 Å². The van der Waals surface area contributed by atoms with Gasteiger partial charge in [0.05, 0.1) is 6.61 Å². The number of hydrogen-bond donors (Lipinski definition) is 1. The highest BCUT2D eigenvalue weighted by Crippen LogP contribution is 2.41. The third-order valence-corrected chi connectivity index (χ3v) is 8.73. The van der Waals surface area contributed by atoms with E-state index in [0.29, 0.717) is 13.0 Å². The molecule has 6 heteroatoms. The van der Waals surface area contributed by atoms with Gasteiger partial charge in [-0.3, -0.25) is 4.90 Å². The van der Waals surface area contributed by atoms with Crippen molar-refractivity contribution in [3.8, 4) is 5.75 Å². The Hall–Kier alpha value is -3.02. The summed E-state index contributed by atoms with van der Waals surface area (Å²) in [5, 5.41) is 12.9. The predicted molar refractivity (Wildman–Crippen MR) is 189 cm³/mol. The lowest BCUT2D eigenvalue weighted by molar-refractivity contribution is -0.00554. The Morgan fingerprint density at radius 2 is 1.43 bits per heavy atom. The van der Waals surface area contributed by atoms with Crippen LogP contribution in [0.1, 0.15) is 53.5 Å². The number of halogens is 2. The fourth-order valence-electron chi connectivity index (χ4n) is 6.21. The maximum Gasteiger partial charge on any atom is 0.119 e. The minimum absolute atomic E-state index is 0. The van der Waals surface area contributed by atoms with Crippen LogP contribution < -0.4 is 9.64 Å². The van der Waals surface area contributed by atoms with Crippen LogP contribution in [0.2, 0.25) is 0 Å². The molecule has 0 saturated carbocycles. The molecule has 4 aromatic carbocycles. The van der Waals surface area contributed by atoms with Crippen LogP contribution in [-0.4, -0.2) is 49.3 Å². The topological polar surface area (TPSA) is 35.9 Å².